The van der Waals surface area contributed by atoms with Gasteiger partial charge in [0.05, 0.1) is 13.2 Å². The lowest BCUT2D eigenvalue weighted by molar-refractivity contribution is 0.0340. The Morgan fingerprint density at radius 3 is 2.57 bits per heavy atom. The first-order valence-electron chi connectivity index (χ1n) is 5.12. The Morgan fingerprint density at radius 1 is 1.29 bits per heavy atom. The van der Waals surface area contributed by atoms with E-state index < -0.39 is 0 Å². The SMILES string of the molecule is Cc1cc(CN2CCOCC2)c(C)o1. The molecule has 3 nitrogen and oxygen atoms in total. The van der Waals surface area contributed by atoms with Crippen LogP contribution in [0.25, 0.3) is 0 Å². The van der Waals surface area contributed by atoms with E-state index in [0.29, 0.717) is 0 Å². The van der Waals surface area contributed by atoms with Crippen molar-refractivity contribution in [2.75, 3.05) is 26.3 Å². The van der Waals surface area contributed by atoms with Crippen molar-refractivity contribution in [1.82, 2.24) is 4.90 Å². The van der Waals surface area contributed by atoms with Crippen molar-refractivity contribution < 1.29 is 9.15 Å². The molecule has 1 saturated heterocycles. The third kappa shape index (κ3) is 2.16. The molecular formula is C11H17NO2. The predicted octanol–water partition coefficient (Wildman–Crippen LogP) is 1.73. The molecule has 0 aromatic carbocycles. The highest BCUT2D eigenvalue weighted by Crippen LogP contribution is 2.16. The monoisotopic (exact) mass is 195 g/mol. The van der Waals surface area contributed by atoms with Crippen LogP contribution in [0.1, 0.15) is 17.1 Å². The van der Waals surface area contributed by atoms with E-state index in [-0.39, 0.29) is 0 Å². The van der Waals surface area contributed by atoms with Crippen molar-refractivity contribution in [3.63, 3.8) is 0 Å². The number of hydrogen-bond donors (Lipinski definition) is 0. The Hall–Kier alpha value is -0.800. The largest absolute Gasteiger partial charge is 0.466 e. The molecule has 0 aliphatic carbocycles. The summed E-state index contributed by atoms with van der Waals surface area (Å²) in [7, 11) is 0. The molecule has 2 rings (SSSR count). The van der Waals surface area contributed by atoms with E-state index in [9.17, 15) is 0 Å². The highest BCUT2D eigenvalue weighted by molar-refractivity contribution is 5.19. The third-order valence-corrected chi connectivity index (χ3v) is 2.64. The van der Waals surface area contributed by atoms with Gasteiger partial charge in [-0.05, 0) is 19.9 Å². The quantitative estimate of drug-likeness (QED) is 0.718. The summed E-state index contributed by atoms with van der Waals surface area (Å²) in [5.74, 6) is 2.06. The first-order chi connectivity index (χ1) is 6.75. The number of ether oxygens (including phenoxy) is 1. The number of hydrogen-bond acceptors (Lipinski definition) is 3. The molecular weight excluding hydrogens is 178 g/mol. The molecule has 1 aromatic heterocycles. The molecule has 1 aromatic rings. The summed E-state index contributed by atoms with van der Waals surface area (Å²) in [5, 5.41) is 0. The van der Waals surface area contributed by atoms with Crippen LogP contribution in [0.3, 0.4) is 0 Å². The van der Waals surface area contributed by atoms with Crippen LogP contribution in [0.4, 0.5) is 0 Å². The molecule has 0 unspecified atom stereocenters. The number of aryl methyl sites for hydroxylation is 2. The summed E-state index contributed by atoms with van der Waals surface area (Å²) in [6, 6.07) is 2.13. The maximum atomic E-state index is 5.50. The number of rotatable bonds is 2. The van der Waals surface area contributed by atoms with Crippen LogP contribution in [0.5, 0.6) is 0 Å². The minimum absolute atomic E-state index is 0.857. The third-order valence-electron chi connectivity index (χ3n) is 2.64. The molecule has 2 heterocycles. The van der Waals surface area contributed by atoms with E-state index in [1.807, 2.05) is 13.8 Å². The van der Waals surface area contributed by atoms with Crippen molar-refractivity contribution >= 4 is 0 Å². The van der Waals surface area contributed by atoms with E-state index in [1.54, 1.807) is 0 Å². The summed E-state index contributed by atoms with van der Waals surface area (Å²) in [5.41, 5.74) is 1.31. The van der Waals surface area contributed by atoms with Gasteiger partial charge in [0.1, 0.15) is 11.5 Å². The van der Waals surface area contributed by atoms with Crippen LogP contribution in [-0.2, 0) is 11.3 Å². The molecule has 1 aliphatic heterocycles. The van der Waals surface area contributed by atoms with Gasteiger partial charge in [0.2, 0.25) is 0 Å². The van der Waals surface area contributed by atoms with E-state index in [0.717, 1.165) is 44.4 Å². The van der Waals surface area contributed by atoms with Crippen molar-refractivity contribution in [3.05, 3.63) is 23.2 Å². The predicted molar refractivity (Wildman–Crippen MR) is 54.3 cm³/mol. The lowest BCUT2D eigenvalue weighted by atomic mass is 10.2. The van der Waals surface area contributed by atoms with Gasteiger partial charge in [-0.15, -0.1) is 0 Å². The molecule has 0 saturated carbocycles. The lowest BCUT2D eigenvalue weighted by Crippen LogP contribution is -2.35. The smallest absolute Gasteiger partial charge is 0.105 e. The summed E-state index contributed by atoms with van der Waals surface area (Å²) in [4.78, 5) is 2.40. The van der Waals surface area contributed by atoms with Gasteiger partial charge in [0.15, 0.2) is 0 Å². The molecule has 1 aliphatic rings. The van der Waals surface area contributed by atoms with E-state index in [4.69, 9.17) is 9.15 Å². The molecule has 0 N–H and O–H groups in total. The van der Waals surface area contributed by atoms with Gasteiger partial charge in [-0.25, -0.2) is 0 Å². The maximum Gasteiger partial charge on any atom is 0.105 e. The summed E-state index contributed by atoms with van der Waals surface area (Å²) in [6.45, 7) is 8.80. The Morgan fingerprint density at radius 2 is 2.00 bits per heavy atom. The van der Waals surface area contributed by atoms with Crippen molar-refractivity contribution in [1.29, 1.82) is 0 Å². The van der Waals surface area contributed by atoms with E-state index >= 15 is 0 Å². The Kier molecular flexibility index (Phi) is 2.89. The van der Waals surface area contributed by atoms with Gasteiger partial charge in [-0.1, -0.05) is 0 Å². The molecule has 0 spiro atoms. The normalized spacial score (nSPS) is 18.7. The maximum absolute atomic E-state index is 5.50. The second kappa shape index (κ2) is 4.15. The van der Waals surface area contributed by atoms with Crippen molar-refractivity contribution in [2.24, 2.45) is 0 Å². The Bertz CT molecular complexity index is 300. The van der Waals surface area contributed by atoms with Crippen LogP contribution >= 0.6 is 0 Å². The van der Waals surface area contributed by atoms with Crippen LogP contribution < -0.4 is 0 Å². The molecule has 78 valence electrons. The lowest BCUT2D eigenvalue weighted by Gasteiger charge is -2.26. The summed E-state index contributed by atoms with van der Waals surface area (Å²) < 4.78 is 10.8. The van der Waals surface area contributed by atoms with Crippen molar-refractivity contribution in [2.45, 2.75) is 20.4 Å². The minimum Gasteiger partial charge on any atom is -0.466 e. The standard InChI is InChI=1S/C11H17NO2/c1-9-7-11(10(2)14-9)8-12-3-5-13-6-4-12/h7H,3-6,8H2,1-2H3. The fourth-order valence-corrected chi connectivity index (χ4v) is 1.84. The molecule has 0 bridgehead atoms. The zero-order chi connectivity index (χ0) is 9.97. The average molecular weight is 195 g/mol. The molecule has 0 amide bonds. The van der Waals surface area contributed by atoms with Crippen LogP contribution in [0, 0.1) is 13.8 Å². The highest BCUT2D eigenvalue weighted by Gasteiger charge is 2.13. The molecule has 3 heteroatoms. The number of morpholine rings is 1. The Balaban J connectivity index is 1.98. The molecule has 0 radical (unpaired) electrons. The molecule has 1 fully saturated rings. The van der Waals surface area contributed by atoms with Gasteiger partial charge in [-0.3, -0.25) is 4.90 Å². The minimum atomic E-state index is 0.857. The van der Waals surface area contributed by atoms with Crippen LogP contribution in [-0.4, -0.2) is 31.2 Å². The summed E-state index contributed by atoms with van der Waals surface area (Å²) >= 11 is 0. The highest BCUT2D eigenvalue weighted by atomic mass is 16.5. The molecule has 0 atom stereocenters. The first kappa shape index (κ1) is 9.74. The first-order valence-corrected chi connectivity index (χ1v) is 5.12. The van der Waals surface area contributed by atoms with Crippen LogP contribution in [0.15, 0.2) is 10.5 Å². The summed E-state index contributed by atoms with van der Waals surface area (Å²) in [6.07, 6.45) is 0. The number of nitrogens with zero attached hydrogens (tertiary/aromatic N) is 1. The van der Waals surface area contributed by atoms with Gasteiger partial charge < -0.3 is 9.15 Å². The molecule has 14 heavy (non-hydrogen) atoms. The van der Waals surface area contributed by atoms with Gasteiger partial charge in [0, 0.05) is 25.2 Å². The fourth-order valence-electron chi connectivity index (χ4n) is 1.84. The topological polar surface area (TPSA) is 25.6 Å². The zero-order valence-corrected chi connectivity index (χ0v) is 8.88. The van der Waals surface area contributed by atoms with Crippen LogP contribution in [0.2, 0.25) is 0 Å². The van der Waals surface area contributed by atoms with Gasteiger partial charge in [-0.2, -0.15) is 0 Å². The van der Waals surface area contributed by atoms with E-state index in [1.165, 1.54) is 5.56 Å². The van der Waals surface area contributed by atoms with E-state index in [2.05, 4.69) is 11.0 Å². The second-order valence-electron chi connectivity index (χ2n) is 3.83. The zero-order valence-electron chi connectivity index (χ0n) is 8.88. The van der Waals surface area contributed by atoms with Gasteiger partial charge >= 0.3 is 0 Å². The van der Waals surface area contributed by atoms with Gasteiger partial charge in [0.25, 0.3) is 0 Å². The average Bonchev–Trinajstić information content (AvgIpc) is 2.47. The second-order valence-corrected chi connectivity index (χ2v) is 3.83. The fraction of sp³-hybridized carbons (Fsp3) is 0.636. The Labute approximate surface area is 84.6 Å². The van der Waals surface area contributed by atoms with Crippen molar-refractivity contribution in [3.8, 4) is 0 Å². The number of furan rings is 1.